The van der Waals surface area contributed by atoms with Gasteiger partial charge in [-0.2, -0.15) is 0 Å². The summed E-state index contributed by atoms with van der Waals surface area (Å²) < 4.78 is 0. The largest absolute Gasteiger partial charge is 0.392 e. The van der Waals surface area contributed by atoms with Crippen molar-refractivity contribution in [2.75, 3.05) is 6.73 Å². The second kappa shape index (κ2) is 3.83. The van der Waals surface area contributed by atoms with E-state index in [0.717, 1.165) is 0 Å². The summed E-state index contributed by atoms with van der Waals surface area (Å²) in [7, 11) is 0. The Morgan fingerprint density at radius 3 is 2.12 bits per heavy atom. The minimum atomic E-state index is -0.401. The molecule has 50 valence electrons. The molecule has 0 aliphatic rings. The van der Waals surface area contributed by atoms with Crippen molar-refractivity contribution in [3.63, 3.8) is 0 Å². The van der Waals surface area contributed by atoms with E-state index in [2.05, 4.69) is 5.32 Å². The fourth-order valence-electron chi connectivity index (χ4n) is 0.315. The normalized spacial score (nSPS) is 18.0. The molecule has 2 atom stereocenters. The molecule has 0 saturated heterocycles. The van der Waals surface area contributed by atoms with Crippen LogP contribution in [0.2, 0.25) is 0 Å². The first-order chi connectivity index (χ1) is 3.68. The van der Waals surface area contributed by atoms with E-state index < -0.39 is 6.10 Å². The van der Waals surface area contributed by atoms with Gasteiger partial charge in [-0.15, -0.1) is 0 Å². The van der Waals surface area contributed by atoms with Crippen LogP contribution in [0.15, 0.2) is 0 Å². The molecule has 0 aromatic rings. The number of aliphatic hydroxyl groups excluding tert-OH is 2. The van der Waals surface area contributed by atoms with E-state index in [9.17, 15) is 0 Å². The summed E-state index contributed by atoms with van der Waals surface area (Å²) in [6, 6.07) is -0.0278. The first-order valence-electron chi connectivity index (χ1n) is 2.70. The third-order valence-corrected chi connectivity index (χ3v) is 1.14. The Balaban J connectivity index is 3.17. The molecule has 3 N–H and O–H groups in total. The van der Waals surface area contributed by atoms with Crippen molar-refractivity contribution in [2.45, 2.75) is 26.0 Å². The third kappa shape index (κ3) is 2.96. The fraction of sp³-hybridized carbons (Fsp3) is 1.00. The molecule has 0 spiro atoms. The van der Waals surface area contributed by atoms with Crippen molar-refractivity contribution < 1.29 is 10.2 Å². The molecule has 0 rings (SSSR count). The van der Waals surface area contributed by atoms with Crippen molar-refractivity contribution in [3.8, 4) is 0 Å². The van der Waals surface area contributed by atoms with E-state index in [1.54, 1.807) is 13.8 Å². The van der Waals surface area contributed by atoms with Gasteiger partial charge >= 0.3 is 0 Å². The molecule has 0 aliphatic carbocycles. The maximum absolute atomic E-state index is 8.78. The molecule has 3 nitrogen and oxygen atoms in total. The minimum absolute atomic E-state index is 0.0278. The molecule has 0 aromatic heterocycles. The predicted molar refractivity (Wildman–Crippen MR) is 31.4 cm³/mol. The van der Waals surface area contributed by atoms with E-state index in [-0.39, 0.29) is 12.8 Å². The highest BCUT2D eigenvalue weighted by molar-refractivity contribution is 4.62. The number of rotatable bonds is 3. The van der Waals surface area contributed by atoms with Gasteiger partial charge in [-0.3, -0.25) is 5.32 Å². The van der Waals surface area contributed by atoms with E-state index in [1.807, 2.05) is 0 Å². The topological polar surface area (TPSA) is 52.5 Å². The maximum atomic E-state index is 8.78. The zero-order valence-electron chi connectivity index (χ0n) is 5.26. The minimum Gasteiger partial charge on any atom is -0.392 e. The molecule has 8 heavy (non-hydrogen) atoms. The van der Waals surface area contributed by atoms with Gasteiger partial charge in [-0.1, -0.05) is 0 Å². The second-order valence-electron chi connectivity index (χ2n) is 1.89. The van der Waals surface area contributed by atoms with E-state index in [1.165, 1.54) is 0 Å². The van der Waals surface area contributed by atoms with Crippen LogP contribution in [0.25, 0.3) is 0 Å². The Hall–Kier alpha value is -0.120. The van der Waals surface area contributed by atoms with Crippen molar-refractivity contribution in [1.82, 2.24) is 5.32 Å². The monoisotopic (exact) mass is 119 g/mol. The van der Waals surface area contributed by atoms with Crippen molar-refractivity contribution >= 4 is 0 Å². The number of aliphatic hydroxyl groups is 2. The molecule has 0 saturated carbocycles. The Morgan fingerprint density at radius 2 is 2.00 bits per heavy atom. The third-order valence-electron chi connectivity index (χ3n) is 1.14. The Bertz CT molecular complexity index is 56.4. The Morgan fingerprint density at radius 1 is 1.50 bits per heavy atom. The number of hydrogen-bond donors (Lipinski definition) is 3. The highest BCUT2D eigenvalue weighted by Crippen LogP contribution is 1.87. The van der Waals surface area contributed by atoms with Gasteiger partial charge in [-0.05, 0) is 13.8 Å². The van der Waals surface area contributed by atoms with Crippen molar-refractivity contribution in [2.24, 2.45) is 0 Å². The molecule has 0 aliphatic heterocycles. The van der Waals surface area contributed by atoms with E-state index in [0.29, 0.717) is 0 Å². The van der Waals surface area contributed by atoms with Crippen LogP contribution in [0.3, 0.4) is 0 Å². The Kier molecular flexibility index (Phi) is 3.77. The van der Waals surface area contributed by atoms with Gasteiger partial charge in [0.25, 0.3) is 0 Å². The van der Waals surface area contributed by atoms with Crippen molar-refractivity contribution in [3.05, 3.63) is 0 Å². The molecule has 0 radical (unpaired) electrons. The fourth-order valence-corrected chi connectivity index (χ4v) is 0.315. The standard InChI is InChI=1S/C5H13NO2/c1-4(5(2)8)6-3-7/h4-8H,3H2,1-2H3/t4?,5-/m1/s1. The molecular weight excluding hydrogens is 106 g/mol. The number of hydrogen-bond acceptors (Lipinski definition) is 3. The summed E-state index contributed by atoms with van der Waals surface area (Å²) in [5.74, 6) is 0. The first kappa shape index (κ1) is 7.88. The van der Waals surface area contributed by atoms with Gasteiger partial charge < -0.3 is 10.2 Å². The van der Waals surface area contributed by atoms with Crippen LogP contribution in [0.5, 0.6) is 0 Å². The highest BCUT2D eigenvalue weighted by atomic mass is 16.3. The van der Waals surface area contributed by atoms with Gasteiger partial charge in [0.15, 0.2) is 0 Å². The van der Waals surface area contributed by atoms with Crippen LogP contribution >= 0.6 is 0 Å². The highest BCUT2D eigenvalue weighted by Gasteiger charge is 2.04. The summed E-state index contributed by atoms with van der Waals surface area (Å²) in [5, 5.41) is 19.7. The average molecular weight is 119 g/mol. The maximum Gasteiger partial charge on any atom is 0.0934 e. The molecular formula is C5H13NO2. The predicted octanol–water partition coefficient (Wildman–Crippen LogP) is -0.705. The van der Waals surface area contributed by atoms with Gasteiger partial charge in [-0.25, -0.2) is 0 Å². The summed E-state index contributed by atoms with van der Waals surface area (Å²) in [6.07, 6.45) is -0.401. The van der Waals surface area contributed by atoms with E-state index in [4.69, 9.17) is 10.2 Å². The van der Waals surface area contributed by atoms with Gasteiger partial charge in [0.1, 0.15) is 0 Å². The quantitative estimate of drug-likeness (QED) is 0.430. The smallest absolute Gasteiger partial charge is 0.0934 e. The lowest BCUT2D eigenvalue weighted by Gasteiger charge is -2.13. The molecule has 1 unspecified atom stereocenters. The van der Waals surface area contributed by atoms with Crippen LogP contribution < -0.4 is 5.32 Å². The van der Waals surface area contributed by atoms with Crippen molar-refractivity contribution in [1.29, 1.82) is 0 Å². The Labute approximate surface area is 49.3 Å². The zero-order chi connectivity index (χ0) is 6.57. The summed E-state index contributed by atoms with van der Waals surface area (Å²) in [5.41, 5.74) is 0. The van der Waals surface area contributed by atoms with Crippen LogP contribution in [-0.2, 0) is 0 Å². The van der Waals surface area contributed by atoms with Gasteiger partial charge in [0.05, 0.1) is 12.8 Å². The zero-order valence-corrected chi connectivity index (χ0v) is 5.26. The molecule has 0 bridgehead atoms. The summed E-state index contributed by atoms with van der Waals surface area (Å²) in [4.78, 5) is 0. The number of nitrogens with one attached hydrogen (secondary N) is 1. The molecule has 0 fully saturated rings. The van der Waals surface area contributed by atoms with Crippen LogP contribution in [0.1, 0.15) is 13.8 Å². The van der Waals surface area contributed by atoms with Gasteiger partial charge in [0, 0.05) is 6.04 Å². The van der Waals surface area contributed by atoms with E-state index >= 15 is 0 Å². The molecule has 3 heteroatoms. The lowest BCUT2D eigenvalue weighted by Crippen LogP contribution is -2.35. The molecule has 0 amide bonds. The lowest BCUT2D eigenvalue weighted by molar-refractivity contribution is 0.129. The molecule has 0 heterocycles. The summed E-state index contributed by atoms with van der Waals surface area (Å²) >= 11 is 0. The first-order valence-corrected chi connectivity index (χ1v) is 2.70. The molecule has 0 aromatic carbocycles. The summed E-state index contributed by atoms with van der Waals surface area (Å²) in [6.45, 7) is 3.40. The van der Waals surface area contributed by atoms with Gasteiger partial charge in [0.2, 0.25) is 0 Å². The lowest BCUT2D eigenvalue weighted by atomic mass is 10.2. The van der Waals surface area contributed by atoms with Crippen LogP contribution in [0, 0.1) is 0 Å². The second-order valence-corrected chi connectivity index (χ2v) is 1.89. The van der Waals surface area contributed by atoms with Crippen LogP contribution in [-0.4, -0.2) is 29.1 Å². The van der Waals surface area contributed by atoms with Crippen LogP contribution in [0.4, 0.5) is 0 Å². The average Bonchev–Trinajstić information content (AvgIpc) is 1.67. The SMILES string of the molecule is CC(NCO)[C@@H](C)O.